The molecule has 0 amide bonds. The van der Waals surface area contributed by atoms with Gasteiger partial charge in [0.15, 0.2) is 11.5 Å². The Bertz CT molecular complexity index is 514. The van der Waals surface area contributed by atoms with Gasteiger partial charge in [-0.2, -0.15) is 9.97 Å². The number of hydrogen-bond acceptors (Lipinski definition) is 4. The molecule has 1 aromatic carbocycles. The molecule has 88 valence electrons. The Morgan fingerprint density at radius 1 is 1.00 bits per heavy atom. The molecule has 1 aromatic heterocycles. The number of nitrogens with zero attached hydrogens (tertiary/aromatic N) is 2. The first-order valence-electron chi connectivity index (χ1n) is 4.70. The number of rotatable bonds is 3. The van der Waals surface area contributed by atoms with Crippen LogP contribution in [0.1, 0.15) is 0 Å². The van der Waals surface area contributed by atoms with Gasteiger partial charge in [-0.1, -0.05) is 35.3 Å². The first-order valence-corrected chi connectivity index (χ1v) is 5.45. The molecule has 6 heteroatoms. The highest BCUT2D eigenvalue weighted by Crippen LogP contribution is 2.30. The van der Waals surface area contributed by atoms with E-state index in [-0.39, 0.29) is 16.3 Å². The molecule has 0 aliphatic heterocycles. The van der Waals surface area contributed by atoms with Crippen molar-refractivity contribution in [2.24, 2.45) is 0 Å². The van der Waals surface area contributed by atoms with Crippen molar-refractivity contribution < 1.29 is 9.47 Å². The van der Waals surface area contributed by atoms with Gasteiger partial charge >= 0.3 is 6.01 Å². The van der Waals surface area contributed by atoms with Crippen molar-refractivity contribution in [1.82, 2.24) is 9.97 Å². The Balaban J connectivity index is 2.31. The molecule has 0 bridgehead atoms. The molecule has 17 heavy (non-hydrogen) atoms. The van der Waals surface area contributed by atoms with Crippen molar-refractivity contribution in [3.8, 4) is 17.5 Å². The summed E-state index contributed by atoms with van der Waals surface area (Å²) in [5.41, 5.74) is 0. The van der Waals surface area contributed by atoms with E-state index in [0.717, 1.165) is 0 Å². The van der Waals surface area contributed by atoms with Crippen LogP contribution in [0.3, 0.4) is 0 Å². The SMILES string of the molecule is COc1ccccc1Oc1nc(Cl)cc(Cl)n1. The summed E-state index contributed by atoms with van der Waals surface area (Å²) in [7, 11) is 1.55. The summed E-state index contributed by atoms with van der Waals surface area (Å²) in [6.45, 7) is 0. The molecule has 0 radical (unpaired) electrons. The first-order chi connectivity index (χ1) is 8.19. The fourth-order valence-corrected chi connectivity index (χ4v) is 1.62. The molecule has 0 aliphatic carbocycles. The summed E-state index contributed by atoms with van der Waals surface area (Å²) in [5.74, 6) is 1.07. The molecule has 0 spiro atoms. The Morgan fingerprint density at radius 2 is 1.59 bits per heavy atom. The van der Waals surface area contributed by atoms with Gasteiger partial charge in [-0.15, -0.1) is 0 Å². The monoisotopic (exact) mass is 270 g/mol. The van der Waals surface area contributed by atoms with E-state index >= 15 is 0 Å². The highest BCUT2D eigenvalue weighted by molar-refractivity contribution is 6.33. The zero-order valence-corrected chi connectivity index (χ0v) is 10.4. The molecule has 4 nitrogen and oxygen atoms in total. The average Bonchev–Trinajstić information content (AvgIpc) is 2.28. The van der Waals surface area contributed by atoms with Crippen LogP contribution in [0.5, 0.6) is 17.5 Å². The molecular weight excluding hydrogens is 263 g/mol. The Labute approximate surface area is 108 Å². The van der Waals surface area contributed by atoms with Crippen LogP contribution in [0.25, 0.3) is 0 Å². The number of methoxy groups -OCH3 is 1. The molecule has 2 rings (SSSR count). The molecule has 0 saturated heterocycles. The van der Waals surface area contributed by atoms with Crippen molar-refractivity contribution in [2.75, 3.05) is 7.11 Å². The number of ether oxygens (including phenoxy) is 2. The maximum atomic E-state index is 5.74. The van der Waals surface area contributed by atoms with Crippen LogP contribution in [0.15, 0.2) is 30.3 Å². The lowest BCUT2D eigenvalue weighted by atomic mass is 10.3. The Morgan fingerprint density at radius 3 is 2.18 bits per heavy atom. The quantitative estimate of drug-likeness (QED) is 0.800. The van der Waals surface area contributed by atoms with Crippen LogP contribution in [0.4, 0.5) is 0 Å². The van der Waals surface area contributed by atoms with E-state index in [1.807, 2.05) is 12.1 Å². The molecule has 0 fully saturated rings. The van der Waals surface area contributed by atoms with E-state index in [9.17, 15) is 0 Å². The van der Waals surface area contributed by atoms with E-state index < -0.39 is 0 Å². The molecule has 0 N–H and O–H groups in total. The van der Waals surface area contributed by atoms with E-state index in [2.05, 4.69) is 9.97 Å². The molecule has 0 unspecified atom stereocenters. The third-order valence-corrected chi connectivity index (χ3v) is 2.30. The van der Waals surface area contributed by atoms with Crippen LogP contribution in [0, 0.1) is 0 Å². The minimum atomic E-state index is 0.0759. The Hall–Kier alpha value is -1.52. The molecule has 2 aromatic rings. The second kappa shape index (κ2) is 5.21. The third kappa shape index (κ3) is 2.99. The minimum absolute atomic E-state index is 0.0759. The number of benzene rings is 1. The van der Waals surface area contributed by atoms with Crippen LogP contribution in [-0.2, 0) is 0 Å². The van der Waals surface area contributed by atoms with Crippen LogP contribution >= 0.6 is 23.2 Å². The van der Waals surface area contributed by atoms with Gasteiger partial charge < -0.3 is 9.47 Å². The molecule has 0 atom stereocenters. The molecule has 0 saturated carbocycles. The van der Waals surface area contributed by atoms with Gasteiger partial charge in [-0.3, -0.25) is 0 Å². The topological polar surface area (TPSA) is 44.2 Å². The van der Waals surface area contributed by atoms with Gasteiger partial charge in [0.2, 0.25) is 0 Å². The van der Waals surface area contributed by atoms with Crippen molar-refractivity contribution in [3.05, 3.63) is 40.6 Å². The lowest BCUT2D eigenvalue weighted by Crippen LogP contribution is -1.94. The highest BCUT2D eigenvalue weighted by atomic mass is 35.5. The molecule has 0 aliphatic rings. The van der Waals surface area contributed by atoms with Crippen LogP contribution in [0.2, 0.25) is 10.3 Å². The van der Waals surface area contributed by atoms with Gasteiger partial charge in [-0.25, -0.2) is 0 Å². The second-order valence-electron chi connectivity index (χ2n) is 3.05. The first kappa shape index (κ1) is 12.0. The number of hydrogen-bond donors (Lipinski definition) is 0. The standard InChI is InChI=1S/C11H8Cl2N2O2/c1-16-7-4-2-3-5-8(7)17-11-14-9(12)6-10(13)15-11/h2-6H,1H3. The zero-order valence-electron chi connectivity index (χ0n) is 8.85. The maximum absolute atomic E-state index is 5.74. The average molecular weight is 271 g/mol. The summed E-state index contributed by atoms with van der Waals surface area (Å²) in [6, 6.07) is 8.64. The van der Waals surface area contributed by atoms with Gasteiger partial charge in [0.1, 0.15) is 10.3 Å². The van der Waals surface area contributed by atoms with E-state index in [4.69, 9.17) is 32.7 Å². The maximum Gasteiger partial charge on any atom is 0.324 e. The smallest absolute Gasteiger partial charge is 0.324 e. The summed E-state index contributed by atoms with van der Waals surface area (Å²) in [4.78, 5) is 7.79. The van der Waals surface area contributed by atoms with Crippen LogP contribution < -0.4 is 9.47 Å². The predicted molar refractivity (Wildman–Crippen MR) is 65.1 cm³/mol. The lowest BCUT2D eigenvalue weighted by molar-refractivity contribution is 0.368. The normalized spacial score (nSPS) is 10.1. The van der Waals surface area contributed by atoms with Gasteiger partial charge in [0.25, 0.3) is 0 Å². The second-order valence-corrected chi connectivity index (χ2v) is 3.82. The number of aromatic nitrogens is 2. The minimum Gasteiger partial charge on any atom is -0.493 e. The summed E-state index contributed by atoms with van der Waals surface area (Å²) < 4.78 is 10.6. The van der Waals surface area contributed by atoms with E-state index in [1.165, 1.54) is 6.07 Å². The van der Waals surface area contributed by atoms with Crippen molar-refractivity contribution in [2.45, 2.75) is 0 Å². The largest absolute Gasteiger partial charge is 0.493 e. The van der Waals surface area contributed by atoms with Crippen LogP contribution in [-0.4, -0.2) is 17.1 Å². The zero-order chi connectivity index (χ0) is 12.3. The molecular formula is C11H8Cl2N2O2. The van der Waals surface area contributed by atoms with Gasteiger partial charge in [0.05, 0.1) is 7.11 Å². The summed E-state index contributed by atoms with van der Waals surface area (Å²) >= 11 is 11.5. The van der Waals surface area contributed by atoms with E-state index in [1.54, 1.807) is 19.2 Å². The number of halogens is 2. The van der Waals surface area contributed by atoms with Gasteiger partial charge in [0, 0.05) is 6.07 Å². The fourth-order valence-electron chi connectivity index (χ4n) is 1.22. The summed E-state index contributed by atoms with van der Waals surface area (Å²) in [6.07, 6.45) is 0. The van der Waals surface area contributed by atoms with Gasteiger partial charge in [-0.05, 0) is 12.1 Å². The van der Waals surface area contributed by atoms with Crippen molar-refractivity contribution in [3.63, 3.8) is 0 Å². The lowest BCUT2D eigenvalue weighted by Gasteiger charge is -2.08. The summed E-state index contributed by atoms with van der Waals surface area (Å²) in [5, 5.41) is 0.435. The van der Waals surface area contributed by atoms with Crippen molar-refractivity contribution >= 4 is 23.2 Å². The van der Waals surface area contributed by atoms with E-state index in [0.29, 0.717) is 11.5 Å². The third-order valence-electron chi connectivity index (χ3n) is 1.91. The van der Waals surface area contributed by atoms with Crippen molar-refractivity contribution in [1.29, 1.82) is 0 Å². The fraction of sp³-hybridized carbons (Fsp3) is 0.0909. The Kier molecular flexibility index (Phi) is 3.66. The predicted octanol–water partition coefficient (Wildman–Crippen LogP) is 3.58. The highest BCUT2D eigenvalue weighted by Gasteiger charge is 2.08. The number of para-hydroxylation sites is 2. The molecule has 1 heterocycles.